The molecule has 0 saturated heterocycles. The lowest BCUT2D eigenvalue weighted by Crippen LogP contribution is -2.51. The Bertz CT molecular complexity index is 1780. The minimum atomic E-state index is -5.44. The molecule has 0 bridgehead atoms. The molecule has 2 amide bonds. The van der Waals surface area contributed by atoms with Crippen molar-refractivity contribution in [1.82, 2.24) is 20.1 Å². The van der Waals surface area contributed by atoms with E-state index in [1.807, 2.05) is 0 Å². The zero-order chi connectivity index (χ0) is 32.0. The number of amides is 2. The van der Waals surface area contributed by atoms with Crippen molar-refractivity contribution < 1.29 is 41.7 Å². The van der Waals surface area contributed by atoms with Crippen LogP contribution in [0.4, 0.5) is 17.6 Å². The molecule has 4 N–H and O–H groups in total. The first-order valence-electron chi connectivity index (χ1n) is 13.4. The first kappa shape index (κ1) is 31.2. The fourth-order valence-electron chi connectivity index (χ4n) is 4.67. The van der Waals surface area contributed by atoms with Gasteiger partial charge in [-0.15, -0.1) is 0 Å². The number of methoxy groups -OCH3 is 1. The topological polar surface area (TPSA) is 142 Å². The van der Waals surface area contributed by atoms with Crippen molar-refractivity contribution in [3.8, 4) is 22.8 Å². The Hall–Kier alpha value is -4.24. The fourth-order valence-corrected chi connectivity index (χ4v) is 5.03. The highest BCUT2D eigenvalue weighted by Crippen LogP contribution is 2.43. The number of carbonyl (C=O) groups is 2. The van der Waals surface area contributed by atoms with E-state index in [2.05, 4.69) is 31.3 Å². The Morgan fingerprint density at radius 1 is 1.23 bits per heavy atom. The number of benzene rings is 2. The number of rotatable bonds is 10. The lowest BCUT2D eigenvalue weighted by atomic mass is 9.94. The largest absolute Gasteiger partial charge is 0.494 e. The second kappa shape index (κ2) is 11.7. The van der Waals surface area contributed by atoms with E-state index in [1.54, 1.807) is 10.9 Å². The summed E-state index contributed by atoms with van der Waals surface area (Å²) in [5, 5.41) is 18.3. The van der Waals surface area contributed by atoms with Crippen LogP contribution in [0, 0.1) is 5.82 Å². The van der Waals surface area contributed by atoms with Crippen LogP contribution in [0.1, 0.15) is 52.2 Å². The van der Waals surface area contributed by atoms with E-state index >= 15 is 4.39 Å². The average Bonchev–Trinajstić information content (AvgIpc) is 3.74. The maximum atomic E-state index is 15.1. The number of ether oxygens (including phenoxy) is 2. The summed E-state index contributed by atoms with van der Waals surface area (Å²) in [5.41, 5.74) is -0.473. The smallest absolute Gasteiger partial charge is 0.424 e. The molecule has 0 radical (unpaired) electrons. The second-order valence-corrected chi connectivity index (χ2v) is 11.0. The molecule has 44 heavy (non-hydrogen) atoms. The van der Waals surface area contributed by atoms with Crippen LogP contribution < -0.4 is 20.5 Å². The zero-order valence-electron chi connectivity index (χ0n) is 23.3. The Labute approximate surface area is 256 Å². The van der Waals surface area contributed by atoms with E-state index in [0.29, 0.717) is 17.0 Å². The Balaban J connectivity index is 1.57. The highest BCUT2D eigenvalue weighted by atomic mass is 79.9. The van der Waals surface area contributed by atoms with Crippen LogP contribution in [-0.2, 0) is 5.60 Å². The van der Waals surface area contributed by atoms with Crippen LogP contribution >= 0.6 is 15.9 Å². The fraction of sp³-hybridized carbons (Fsp3) is 0.310. The number of carbonyl (C=O) groups excluding carboxylic acids is 2. The molecule has 4 aromatic rings. The molecule has 1 aliphatic carbocycles. The normalized spacial score (nSPS) is 14.7. The van der Waals surface area contributed by atoms with Gasteiger partial charge in [-0.25, -0.2) is 9.37 Å². The van der Waals surface area contributed by atoms with Crippen molar-refractivity contribution >= 4 is 38.6 Å². The summed E-state index contributed by atoms with van der Waals surface area (Å²) in [6.45, 7) is 0.0398. The summed E-state index contributed by atoms with van der Waals surface area (Å²) in [6, 6.07) is 7.57. The quantitative estimate of drug-likeness (QED) is 0.200. The lowest BCUT2D eigenvalue weighted by Gasteiger charge is -2.31. The van der Waals surface area contributed by atoms with Crippen molar-refractivity contribution in [1.29, 1.82) is 0 Å². The van der Waals surface area contributed by atoms with Crippen LogP contribution in [0.25, 0.3) is 22.2 Å². The Morgan fingerprint density at radius 3 is 2.57 bits per heavy atom. The summed E-state index contributed by atoms with van der Waals surface area (Å²) < 4.78 is 71.5. The minimum absolute atomic E-state index is 0.0429. The van der Waals surface area contributed by atoms with Crippen LogP contribution in [-0.4, -0.2) is 58.1 Å². The van der Waals surface area contributed by atoms with Gasteiger partial charge in [0.05, 0.1) is 42.0 Å². The third-order valence-electron chi connectivity index (χ3n) is 7.13. The first-order chi connectivity index (χ1) is 20.8. The number of nitrogens with zero attached hydrogens (tertiary/aromatic N) is 3. The zero-order valence-corrected chi connectivity index (χ0v) is 24.9. The molecular weight excluding hydrogens is 654 g/mol. The molecule has 1 fully saturated rings. The summed E-state index contributed by atoms with van der Waals surface area (Å²) >= 11 is 3.02. The summed E-state index contributed by atoms with van der Waals surface area (Å²) in [7, 11) is 1.37. The molecule has 10 nitrogen and oxygen atoms in total. The van der Waals surface area contributed by atoms with Gasteiger partial charge in [0.1, 0.15) is 22.8 Å². The molecule has 1 aliphatic rings. The van der Waals surface area contributed by atoms with Crippen molar-refractivity contribution in [2.45, 2.75) is 37.6 Å². The number of nitrogens with one attached hydrogen (secondary N) is 1. The Kier molecular flexibility index (Phi) is 8.29. The minimum Gasteiger partial charge on any atom is -0.494 e. The van der Waals surface area contributed by atoms with E-state index in [9.17, 15) is 27.9 Å². The van der Waals surface area contributed by atoms with Gasteiger partial charge in [0.15, 0.2) is 5.75 Å². The third kappa shape index (κ3) is 5.68. The van der Waals surface area contributed by atoms with Gasteiger partial charge >= 0.3 is 6.18 Å². The number of pyridine rings is 1. The number of hydrogen-bond acceptors (Lipinski definition) is 7. The van der Waals surface area contributed by atoms with Gasteiger partial charge in [0.2, 0.25) is 5.60 Å². The SMILES string of the molecule is CCOc1c(C(N)=O)cc([C@@](O)(CNC(=O)c2cc(OC)c3nn(C4CC4)cc3c2)C(F)(F)F)nc1-c1cccc(Br)c1F. The standard InChI is InChI=1S/C29H26BrF4N5O5/c1-3-44-25-18(26(35)40)11-21(37-24(25)17-5-4-6-19(30)22(17)31)28(42,29(32,33)34)13-36-27(41)14-9-15-12-39(16-7-8-16)38-23(15)20(10-14)43-2/h4-6,9-12,16,42H,3,7-8,13H2,1-2H3,(H2,35,40)(H,36,41)/t28-/m0/s1. The van der Waals surface area contributed by atoms with Crippen LogP contribution in [0.2, 0.25) is 0 Å². The highest BCUT2D eigenvalue weighted by Gasteiger charge is 2.57. The van der Waals surface area contributed by atoms with Gasteiger partial charge in [0, 0.05) is 22.7 Å². The third-order valence-corrected chi connectivity index (χ3v) is 7.74. The number of aromatic nitrogens is 3. The predicted molar refractivity (Wildman–Crippen MR) is 154 cm³/mol. The lowest BCUT2D eigenvalue weighted by molar-refractivity contribution is -0.265. The number of nitrogens with two attached hydrogens (primary N) is 1. The maximum Gasteiger partial charge on any atom is 0.424 e. The van der Waals surface area contributed by atoms with Crippen LogP contribution in [0.15, 0.2) is 47.1 Å². The van der Waals surface area contributed by atoms with Gasteiger partial charge in [-0.3, -0.25) is 14.3 Å². The van der Waals surface area contributed by atoms with Crippen LogP contribution in [0.5, 0.6) is 11.5 Å². The number of halogens is 5. The number of fused-ring (bicyclic) bond motifs is 1. The van der Waals surface area contributed by atoms with Crippen LogP contribution in [0.3, 0.4) is 0 Å². The summed E-state index contributed by atoms with van der Waals surface area (Å²) in [6.07, 6.45) is -1.81. The van der Waals surface area contributed by atoms with Crippen molar-refractivity contribution in [3.05, 3.63) is 69.7 Å². The monoisotopic (exact) mass is 679 g/mol. The van der Waals surface area contributed by atoms with Crippen molar-refractivity contribution in [2.75, 3.05) is 20.3 Å². The van der Waals surface area contributed by atoms with E-state index in [4.69, 9.17) is 15.2 Å². The summed E-state index contributed by atoms with van der Waals surface area (Å²) in [4.78, 5) is 29.5. The molecule has 2 aromatic carbocycles. The molecule has 1 atom stereocenters. The molecule has 232 valence electrons. The van der Waals surface area contributed by atoms with Gasteiger partial charge in [-0.05, 0) is 66.0 Å². The average molecular weight is 680 g/mol. The van der Waals surface area contributed by atoms with E-state index in [1.165, 1.54) is 44.4 Å². The van der Waals surface area contributed by atoms with Crippen molar-refractivity contribution in [3.63, 3.8) is 0 Å². The van der Waals surface area contributed by atoms with E-state index < -0.39 is 52.9 Å². The van der Waals surface area contributed by atoms with Gasteiger partial charge < -0.3 is 25.6 Å². The number of hydrogen-bond donors (Lipinski definition) is 3. The maximum absolute atomic E-state index is 15.1. The summed E-state index contributed by atoms with van der Waals surface area (Å²) in [5.74, 6) is -3.23. The molecule has 1 saturated carbocycles. The number of primary amides is 1. The van der Waals surface area contributed by atoms with Gasteiger partial charge in [-0.1, -0.05) is 6.07 Å². The molecular formula is C29H26BrF4N5O5. The highest BCUT2D eigenvalue weighted by molar-refractivity contribution is 9.10. The molecule has 2 heterocycles. The molecule has 15 heteroatoms. The van der Waals surface area contributed by atoms with Gasteiger partial charge in [-0.2, -0.15) is 18.3 Å². The Morgan fingerprint density at radius 2 is 1.95 bits per heavy atom. The molecule has 0 unspecified atom stereocenters. The molecule has 2 aromatic heterocycles. The van der Waals surface area contributed by atoms with Gasteiger partial charge in [0.25, 0.3) is 11.8 Å². The van der Waals surface area contributed by atoms with E-state index in [-0.39, 0.29) is 39.7 Å². The first-order valence-corrected chi connectivity index (χ1v) is 14.1. The number of alkyl halides is 3. The number of aliphatic hydroxyl groups is 1. The second-order valence-electron chi connectivity index (χ2n) is 10.1. The molecule has 5 rings (SSSR count). The molecule has 0 aliphatic heterocycles. The van der Waals surface area contributed by atoms with Crippen molar-refractivity contribution in [2.24, 2.45) is 5.73 Å². The predicted octanol–water partition coefficient (Wildman–Crippen LogP) is 5.02. The van der Waals surface area contributed by atoms with E-state index in [0.717, 1.165) is 12.8 Å². The molecule has 0 spiro atoms.